The van der Waals surface area contributed by atoms with Gasteiger partial charge in [0.2, 0.25) is 5.91 Å². The number of benzene rings is 1. The summed E-state index contributed by atoms with van der Waals surface area (Å²) in [5, 5.41) is 3.08. The van der Waals surface area contributed by atoms with E-state index in [-0.39, 0.29) is 17.9 Å². The van der Waals surface area contributed by atoms with Crippen LogP contribution in [0.25, 0.3) is 0 Å². The van der Waals surface area contributed by atoms with Gasteiger partial charge in [-0.25, -0.2) is 0 Å². The first kappa shape index (κ1) is 13.4. The third kappa shape index (κ3) is 3.05. The van der Waals surface area contributed by atoms with Crippen molar-refractivity contribution in [1.29, 1.82) is 0 Å². The highest BCUT2D eigenvalue weighted by molar-refractivity contribution is 6.18. The number of carbonyl (C=O) groups excluding carboxylic acids is 1. The van der Waals surface area contributed by atoms with E-state index in [0.29, 0.717) is 11.8 Å². The van der Waals surface area contributed by atoms with Crippen LogP contribution in [-0.2, 0) is 4.79 Å². The molecule has 18 heavy (non-hydrogen) atoms. The fourth-order valence-electron chi connectivity index (χ4n) is 2.71. The SMILES string of the molecule is CC1CCCC1C(=O)NC(CCl)c1ccccc1. The smallest absolute Gasteiger partial charge is 0.223 e. The molecule has 98 valence electrons. The maximum atomic E-state index is 12.2. The molecule has 0 spiro atoms. The van der Waals surface area contributed by atoms with Crippen molar-refractivity contribution in [1.82, 2.24) is 5.32 Å². The van der Waals surface area contributed by atoms with Gasteiger partial charge in [0.15, 0.2) is 0 Å². The molecular weight excluding hydrogens is 246 g/mol. The Bertz CT molecular complexity index is 393. The van der Waals surface area contributed by atoms with Gasteiger partial charge in [-0.05, 0) is 24.3 Å². The van der Waals surface area contributed by atoms with E-state index >= 15 is 0 Å². The van der Waals surface area contributed by atoms with Crippen molar-refractivity contribution >= 4 is 17.5 Å². The number of rotatable bonds is 4. The van der Waals surface area contributed by atoms with Crippen LogP contribution >= 0.6 is 11.6 Å². The minimum absolute atomic E-state index is 0.0758. The van der Waals surface area contributed by atoms with Crippen molar-refractivity contribution in [2.24, 2.45) is 11.8 Å². The Kier molecular flexibility index (Phi) is 4.65. The molecule has 1 aromatic carbocycles. The van der Waals surface area contributed by atoms with Gasteiger partial charge in [-0.1, -0.05) is 43.7 Å². The lowest BCUT2D eigenvalue weighted by atomic mass is 9.96. The summed E-state index contributed by atoms with van der Waals surface area (Å²) in [7, 11) is 0. The highest BCUT2D eigenvalue weighted by Crippen LogP contribution is 2.31. The van der Waals surface area contributed by atoms with E-state index in [2.05, 4.69) is 12.2 Å². The first-order valence-electron chi connectivity index (χ1n) is 6.63. The van der Waals surface area contributed by atoms with E-state index in [1.165, 1.54) is 0 Å². The van der Waals surface area contributed by atoms with E-state index in [9.17, 15) is 4.79 Å². The third-order valence-corrected chi connectivity index (χ3v) is 4.18. The summed E-state index contributed by atoms with van der Waals surface area (Å²) in [5.74, 6) is 1.24. The normalized spacial score (nSPS) is 24.8. The van der Waals surface area contributed by atoms with E-state index in [1.54, 1.807) is 0 Å². The fraction of sp³-hybridized carbons (Fsp3) is 0.533. The second kappa shape index (κ2) is 6.24. The van der Waals surface area contributed by atoms with Crippen LogP contribution in [-0.4, -0.2) is 11.8 Å². The Balaban J connectivity index is 2.00. The summed E-state index contributed by atoms with van der Waals surface area (Å²) in [4.78, 5) is 12.2. The molecule has 0 saturated heterocycles. The molecule has 1 saturated carbocycles. The summed E-state index contributed by atoms with van der Waals surface area (Å²) in [5.41, 5.74) is 1.08. The number of hydrogen-bond donors (Lipinski definition) is 1. The summed E-state index contributed by atoms with van der Waals surface area (Å²) < 4.78 is 0. The minimum Gasteiger partial charge on any atom is -0.348 e. The molecule has 0 bridgehead atoms. The number of alkyl halides is 1. The van der Waals surface area contributed by atoms with Crippen LogP contribution in [0.5, 0.6) is 0 Å². The Hall–Kier alpha value is -1.02. The van der Waals surface area contributed by atoms with Crippen LogP contribution in [0, 0.1) is 11.8 Å². The number of amides is 1. The molecule has 1 N–H and O–H groups in total. The van der Waals surface area contributed by atoms with Gasteiger partial charge in [0.05, 0.1) is 6.04 Å². The first-order valence-corrected chi connectivity index (χ1v) is 7.17. The second-order valence-corrected chi connectivity index (χ2v) is 5.45. The average molecular weight is 266 g/mol. The Morgan fingerprint density at radius 3 is 2.67 bits per heavy atom. The quantitative estimate of drug-likeness (QED) is 0.830. The molecule has 2 nitrogen and oxygen atoms in total. The first-order chi connectivity index (χ1) is 8.72. The predicted molar refractivity (Wildman–Crippen MR) is 74.6 cm³/mol. The molecule has 3 unspecified atom stereocenters. The lowest BCUT2D eigenvalue weighted by Crippen LogP contribution is -2.35. The van der Waals surface area contributed by atoms with Gasteiger partial charge in [-0.2, -0.15) is 0 Å². The highest BCUT2D eigenvalue weighted by Gasteiger charge is 2.30. The van der Waals surface area contributed by atoms with Gasteiger partial charge in [-0.15, -0.1) is 11.6 Å². The number of carbonyl (C=O) groups is 1. The third-order valence-electron chi connectivity index (χ3n) is 3.87. The zero-order valence-electron chi connectivity index (χ0n) is 10.7. The molecule has 3 atom stereocenters. The van der Waals surface area contributed by atoms with Gasteiger partial charge in [-0.3, -0.25) is 4.79 Å². The van der Waals surface area contributed by atoms with Crippen LogP contribution in [0.3, 0.4) is 0 Å². The molecule has 3 heteroatoms. The Labute approximate surface area is 114 Å². The van der Waals surface area contributed by atoms with Crippen molar-refractivity contribution in [2.45, 2.75) is 32.2 Å². The van der Waals surface area contributed by atoms with Crippen LogP contribution in [0.15, 0.2) is 30.3 Å². The molecule has 2 rings (SSSR count). The molecule has 0 heterocycles. The fourth-order valence-corrected chi connectivity index (χ4v) is 2.97. The molecule has 0 aliphatic heterocycles. The maximum Gasteiger partial charge on any atom is 0.223 e. The zero-order chi connectivity index (χ0) is 13.0. The maximum absolute atomic E-state index is 12.2. The van der Waals surface area contributed by atoms with Crippen molar-refractivity contribution < 1.29 is 4.79 Å². The molecule has 1 aliphatic rings. The Morgan fingerprint density at radius 1 is 1.39 bits per heavy atom. The second-order valence-electron chi connectivity index (χ2n) is 5.14. The van der Waals surface area contributed by atoms with Crippen molar-refractivity contribution in [3.63, 3.8) is 0 Å². The van der Waals surface area contributed by atoms with Gasteiger partial charge in [0, 0.05) is 11.8 Å². The highest BCUT2D eigenvalue weighted by atomic mass is 35.5. The molecule has 0 aromatic heterocycles. The summed E-state index contributed by atoms with van der Waals surface area (Å²) >= 11 is 5.97. The molecule has 1 amide bonds. The monoisotopic (exact) mass is 265 g/mol. The number of nitrogens with one attached hydrogen (secondary N) is 1. The van der Waals surface area contributed by atoms with E-state index in [1.807, 2.05) is 30.3 Å². The molecule has 1 aliphatic carbocycles. The van der Waals surface area contributed by atoms with E-state index in [4.69, 9.17) is 11.6 Å². The zero-order valence-corrected chi connectivity index (χ0v) is 11.5. The summed E-state index contributed by atoms with van der Waals surface area (Å²) in [6.45, 7) is 2.16. The minimum atomic E-state index is -0.0758. The van der Waals surface area contributed by atoms with Crippen LogP contribution in [0.1, 0.15) is 37.8 Å². The van der Waals surface area contributed by atoms with E-state index < -0.39 is 0 Å². The van der Waals surface area contributed by atoms with Crippen molar-refractivity contribution in [3.05, 3.63) is 35.9 Å². The lowest BCUT2D eigenvalue weighted by molar-refractivity contribution is -0.126. The van der Waals surface area contributed by atoms with Gasteiger partial charge in [0.1, 0.15) is 0 Å². The van der Waals surface area contributed by atoms with Crippen LogP contribution in [0.4, 0.5) is 0 Å². The molecular formula is C15H20ClNO. The molecule has 1 fully saturated rings. The predicted octanol–water partition coefficient (Wildman–Crippen LogP) is 3.52. The lowest BCUT2D eigenvalue weighted by Gasteiger charge is -2.21. The molecule has 1 aromatic rings. The standard InChI is InChI=1S/C15H20ClNO/c1-11-6-5-9-13(11)15(18)17-14(10-16)12-7-3-2-4-8-12/h2-4,7-8,11,13-14H,5-6,9-10H2,1H3,(H,17,18). The van der Waals surface area contributed by atoms with E-state index in [0.717, 1.165) is 24.8 Å². The Morgan fingerprint density at radius 2 is 2.11 bits per heavy atom. The van der Waals surface area contributed by atoms with Crippen molar-refractivity contribution in [3.8, 4) is 0 Å². The number of hydrogen-bond acceptors (Lipinski definition) is 1. The number of halogens is 1. The van der Waals surface area contributed by atoms with Crippen molar-refractivity contribution in [2.75, 3.05) is 5.88 Å². The average Bonchev–Trinajstić information content (AvgIpc) is 2.83. The largest absolute Gasteiger partial charge is 0.348 e. The van der Waals surface area contributed by atoms with Crippen LogP contribution < -0.4 is 5.32 Å². The van der Waals surface area contributed by atoms with Gasteiger partial charge >= 0.3 is 0 Å². The summed E-state index contributed by atoms with van der Waals surface area (Å²) in [6.07, 6.45) is 3.34. The van der Waals surface area contributed by atoms with Crippen LogP contribution in [0.2, 0.25) is 0 Å². The van der Waals surface area contributed by atoms with Gasteiger partial charge < -0.3 is 5.32 Å². The topological polar surface area (TPSA) is 29.1 Å². The summed E-state index contributed by atoms with van der Waals surface area (Å²) in [6, 6.07) is 9.85. The molecule has 0 radical (unpaired) electrons. The van der Waals surface area contributed by atoms with Gasteiger partial charge in [0.25, 0.3) is 0 Å².